The molecule has 1 heterocycles. The smallest absolute Gasteiger partial charge is 0.126 e. The number of hydrogen-bond donors (Lipinski definition) is 0. The Kier molecular flexibility index (Phi) is 2.54. The van der Waals surface area contributed by atoms with Crippen LogP contribution in [0.5, 0.6) is 0 Å². The van der Waals surface area contributed by atoms with E-state index in [0.29, 0.717) is 12.0 Å². The predicted molar refractivity (Wildman–Crippen MR) is 51.3 cm³/mol. The van der Waals surface area contributed by atoms with Gasteiger partial charge >= 0.3 is 0 Å². The topological polar surface area (TPSA) is 12.9 Å². The van der Waals surface area contributed by atoms with Gasteiger partial charge in [-0.25, -0.2) is 13.8 Å². The third-order valence-corrected chi connectivity index (χ3v) is 2.54. The summed E-state index contributed by atoms with van der Waals surface area (Å²) in [6, 6.07) is 3.51. The Labute approximate surface area is 84.0 Å². The zero-order valence-corrected chi connectivity index (χ0v) is 8.02. The molecule has 1 aromatic carbocycles. The first-order valence-corrected chi connectivity index (χ1v) is 4.95. The summed E-state index contributed by atoms with van der Waals surface area (Å²) in [4.78, 5) is 4.04. The standard InChI is InChI=1S/C10H7F2NS/c11-8-3-7(4-9(12)6-8)5-10-13-1-2-14-10/h1-4,6H,5H2. The van der Waals surface area contributed by atoms with Crippen molar-refractivity contribution in [1.82, 2.24) is 4.98 Å². The Balaban J connectivity index is 2.25. The number of aromatic nitrogens is 1. The largest absolute Gasteiger partial charge is 0.249 e. The van der Waals surface area contributed by atoms with E-state index in [1.54, 1.807) is 6.20 Å². The molecule has 0 fully saturated rings. The molecule has 0 aliphatic rings. The number of thiazole rings is 1. The molecular weight excluding hydrogens is 204 g/mol. The van der Waals surface area contributed by atoms with Crippen LogP contribution in [0.2, 0.25) is 0 Å². The minimum absolute atomic E-state index is 0.479. The highest BCUT2D eigenvalue weighted by Crippen LogP contribution is 2.14. The van der Waals surface area contributed by atoms with Crippen molar-refractivity contribution in [1.29, 1.82) is 0 Å². The zero-order valence-electron chi connectivity index (χ0n) is 7.21. The molecule has 0 spiro atoms. The van der Waals surface area contributed by atoms with Crippen molar-refractivity contribution >= 4 is 11.3 Å². The second-order valence-electron chi connectivity index (χ2n) is 2.88. The maximum Gasteiger partial charge on any atom is 0.126 e. The van der Waals surface area contributed by atoms with E-state index in [-0.39, 0.29) is 0 Å². The van der Waals surface area contributed by atoms with Crippen molar-refractivity contribution in [3.8, 4) is 0 Å². The van der Waals surface area contributed by atoms with Gasteiger partial charge < -0.3 is 0 Å². The summed E-state index contributed by atoms with van der Waals surface area (Å²) in [5.41, 5.74) is 0.609. The van der Waals surface area contributed by atoms with Crippen LogP contribution in [0.4, 0.5) is 8.78 Å². The van der Waals surface area contributed by atoms with Gasteiger partial charge in [0.25, 0.3) is 0 Å². The fourth-order valence-electron chi connectivity index (χ4n) is 1.23. The summed E-state index contributed by atoms with van der Waals surface area (Å²) in [6.45, 7) is 0. The van der Waals surface area contributed by atoms with Crippen LogP contribution < -0.4 is 0 Å². The normalized spacial score (nSPS) is 10.4. The first-order valence-electron chi connectivity index (χ1n) is 4.07. The lowest BCUT2D eigenvalue weighted by atomic mass is 10.1. The molecule has 0 amide bonds. The zero-order chi connectivity index (χ0) is 9.97. The monoisotopic (exact) mass is 211 g/mol. The van der Waals surface area contributed by atoms with Crippen LogP contribution in [0.1, 0.15) is 10.6 Å². The van der Waals surface area contributed by atoms with E-state index in [1.165, 1.54) is 23.5 Å². The molecule has 2 rings (SSSR count). The summed E-state index contributed by atoms with van der Waals surface area (Å²) in [7, 11) is 0. The molecule has 0 saturated heterocycles. The molecular formula is C10H7F2NS. The van der Waals surface area contributed by atoms with Crippen molar-refractivity contribution in [3.05, 3.63) is 52.0 Å². The number of nitrogens with zero attached hydrogens (tertiary/aromatic N) is 1. The average Bonchev–Trinajstić information content (AvgIpc) is 2.54. The van der Waals surface area contributed by atoms with Gasteiger partial charge in [-0.3, -0.25) is 0 Å². The van der Waals surface area contributed by atoms with Crippen molar-refractivity contribution in [3.63, 3.8) is 0 Å². The molecule has 1 nitrogen and oxygen atoms in total. The fraction of sp³-hybridized carbons (Fsp3) is 0.100. The quantitative estimate of drug-likeness (QED) is 0.744. The molecule has 0 unspecified atom stereocenters. The SMILES string of the molecule is Fc1cc(F)cc(Cc2nccs2)c1. The molecule has 14 heavy (non-hydrogen) atoms. The minimum atomic E-state index is -0.545. The molecule has 0 aliphatic carbocycles. The van der Waals surface area contributed by atoms with Crippen LogP contribution in [0.15, 0.2) is 29.8 Å². The Morgan fingerprint density at radius 2 is 1.86 bits per heavy atom. The lowest BCUT2D eigenvalue weighted by Gasteiger charge is -1.98. The van der Waals surface area contributed by atoms with E-state index in [0.717, 1.165) is 11.1 Å². The van der Waals surface area contributed by atoms with Gasteiger partial charge in [-0.15, -0.1) is 11.3 Å². The van der Waals surface area contributed by atoms with Gasteiger partial charge in [0.15, 0.2) is 0 Å². The summed E-state index contributed by atoms with van der Waals surface area (Å²) in [6.07, 6.45) is 2.15. The van der Waals surface area contributed by atoms with E-state index in [1.807, 2.05) is 5.38 Å². The highest BCUT2D eigenvalue weighted by Gasteiger charge is 2.02. The number of rotatable bonds is 2. The summed E-state index contributed by atoms with van der Waals surface area (Å²) >= 11 is 1.47. The first-order chi connectivity index (χ1) is 6.74. The van der Waals surface area contributed by atoms with Crippen molar-refractivity contribution in [2.75, 3.05) is 0 Å². The molecule has 0 saturated carbocycles. The molecule has 4 heteroatoms. The Morgan fingerprint density at radius 1 is 1.14 bits per heavy atom. The maximum atomic E-state index is 12.8. The molecule has 0 radical (unpaired) electrons. The summed E-state index contributed by atoms with van der Waals surface area (Å²) in [5.74, 6) is -1.09. The van der Waals surface area contributed by atoms with E-state index in [4.69, 9.17) is 0 Å². The van der Waals surface area contributed by atoms with E-state index in [2.05, 4.69) is 4.98 Å². The van der Waals surface area contributed by atoms with Crippen molar-refractivity contribution < 1.29 is 8.78 Å². The third kappa shape index (κ3) is 2.14. The lowest BCUT2D eigenvalue weighted by molar-refractivity contribution is 0.580. The summed E-state index contributed by atoms with van der Waals surface area (Å²) in [5, 5.41) is 2.69. The van der Waals surface area contributed by atoms with Crippen LogP contribution in [0.25, 0.3) is 0 Å². The van der Waals surface area contributed by atoms with Gasteiger partial charge in [0.1, 0.15) is 11.6 Å². The van der Waals surface area contributed by atoms with Crippen LogP contribution in [-0.4, -0.2) is 4.98 Å². The van der Waals surface area contributed by atoms with Crippen LogP contribution in [-0.2, 0) is 6.42 Å². The minimum Gasteiger partial charge on any atom is -0.249 e. The molecule has 0 aliphatic heterocycles. The molecule has 72 valence electrons. The van der Waals surface area contributed by atoms with Gasteiger partial charge in [0.05, 0.1) is 5.01 Å². The molecule has 0 N–H and O–H groups in total. The Bertz CT molecular complexity index is 405. The number of hydrogen-bond acceptors (Lipinski definition) is 2. The average molecular weight is 211 g/mol. The number of benzene rings is 1. The van der Waals surface area contributed by atoms with Crippen LogP contribution >= 0.6 is 11.3 Å². The Hall–Kier alpha value is -1.29. The highest BCUT2D eigenvalue weighted by atomic mass is 32.1. The van der Waals surface area contributed by atoms with E-state index in [9.17, 15) is 8.78 Å². The van der Waals surface area contributed by atoms with Gasteiger partial charge in [-0.2, -0.15) is 0 Å². The Morgan fingerprint density at radius 3 is 2.43 bits per heavy atom. The second kappa shape index (κ2) is 3.84. The van der Waals surface area contributed by atoms with Gasteiger partial charge in [-0.1, -0.05) is 0 Å². The first kappa shape index (κ1) is 9.27. The van der Waals surface area contributed by atoms with Crippen molar-refractivity contribution in [2.24, 2.45) is 0 Å². The lowest BCUT2D eigenvalue weighted by Crippen LogP contribution is -1.90. The van der Waals surface area contributed by atoms with Crippen LogP contribution in [0.3, 0.4) is 0 Å². The third-order valence-electron chi connectivity index (χ3n) is 1.76. The summed E-state index contributed by atoms with van der Waals surface area (Å²) < 4.78 is 25.6. The highest BCUT2D eigenvalue weighted by molar-refractivity contribution is 7.09. The second-order valence-corrected chi connectivity index (χ2v) is 3.86. The molecule has 0 atom stereocenters. The van der Waals surface area contributed by atoms with Gasteiger partial charge in [-0.05, 0) is 17.7 Å². The van der Waals surface area contributed by atoms with Gasteiger partial charge in [0.2, 0.25) is 0 Å². The predicted octanol–water partition coefficient (Wildman–Crippen LogP) is 3.01. The molecule has 1 aromatic heterocycles. The molecule has 2 aromatic rings. The maximum absolute atomic E-state index is 12.8. The fourth-order valence-corrected chi connectivity index (χ4v) is 1.88. The van der Waals surface area contributed by atoms with Crippen molar-refractivity contribution in [2.45, 2.75) is 6.42 Å². The van der Waals surface area contributed by atoms with E-state index >= 15 is 0 Å². The van der Waals surface area contributed by atoms with Crippen LogP contribution in [0, 0.1) is 11.6 Å². The number of halogens is 2. The van der Waals surface area contributed by atoms with E-state index < -0.39 is 11.6 Å². The molecule has 0 bridgehead atoms. The van der Waals surface area contributed by atoms with Gasteiger partial charge in [0, 0.05) is 24.1 Å².